The molecule has 0 spiro atoms. The van der Waals surface area contributed by atoms with Crippen LogP contribution in [0.5, 0.6) is 5.75 Å². The first-order valence-corrected chi connectivity index (χ1v) is 12.1. The number of phenolic OH excluding ortho intramolecular Hbond substituents is 1. The molecule has 31 heavy (non-hydrogen) atoms. The minimum absolute atomic E-state index is 0.0312. The lowest BCUT2D eigenvalue weighted by atomic mass is 9.66. The molecule has 0 aliphatic heterocycles. The van der Waals surface area contributed by atoms with Crippen molar-refractivity contribution in [3.8, 4) is 5.75 Å². The molecule has 0 aromatic heterocycles. The summed E-state index contributed by atoms with van der Waals surface area (Å²) in [6, 6.07) is 7.66. The normalized spacial score (nSPS) is 28.4. The van der Waals surface area contributed by atoms with Crippen molar-refractivity contribution < 1.29 is 15.3 Å². The Morgan fingerprint density at radius 3 is 1.81 bits per heavy atom. The molecule has 0 heterocycles. The topological polar surface area (TPSA) is 60.7 Å². The van der Waals surface area contributed by atoms with Crippen molar-refractivity contribution in [3.63, 3.8) is 0 Å². The van der Waals surface area contributed by atoms with E-state index < -0.39 is 0 Å². The van der Waals surface area contributed by atoms with Gasteiger partial charge in [-0.05, 0) is 81.4 Å². The quantitative estimate of drug-likeness (QED) is 0.514. The molecule has 3 aliphatic carbocycles. The Morgan fingerprint density at radius 2 is 1.35 bits per heavy atom. The first-order chi connectivity index (χ1) is 14.8. The van der Waals surface area contributed by atoms with Crippen LogP contribution in [0.2, 0.25) is 0 Å². The summed E-state index contributed by atoms with van der Waals surface area (Å²) >= 11 is 0. The summed E-state index contributed by atoms with van der Waals surface area (Å²) in [5.41, 5.74) is 5.75. The van der Waals surface area contributed by atoms with Gasteiger partial charge in [0.05, 0.1) is 12.2 Å². The van der Waals surface area contributed by atoms with E-state index in [-0.39, 0.29) is 17.6 Å². The fourth-order valence-electron chi connectivity index (χ4n) is 5.88. The van der Waals surface area contributed by atoms with Gasteiger partial charge in [-0.2, -0.15) is 0 Å². The summed E-state index contributed by atoms with van der Waals surface area (Å²) in [6.07, 6.45) is 15.4. The van der Waals surface area contributed by atoms with Crippen LogP contribution in [0.15, 0.2) is 59.2 Å². The van der Waals surface area contributed by atoms with Crippen LogP contribution in [0.25, 0.3) is 0 Å². The average molecular weight is 423 g/mol. The molecule has 0 saturated carbocycles. The number of phenols is 1. The van der Waals surface area contributed by atoms with E-state index in [1.54, 1.807) is 12.1 Å². The van der Waals surface area contributed by atoms with Crippen LogP contribution in [0, 0.1) is 11.8 Å². The van der Waals surface area contributed by atoms with Gasteiger partial charge in [-0.1, -0.05) is 60.9 Å². The maximum absolute atomic E-state index is 10.00. The summed E-state index contributed by atoms with van der Waals surface area (Å²) in [5.74, 6) is 1.38. The Balaban J connectivity index is 1.55. The van der Waals surface area contributed by atoms with Gasteiger partial charge in [0.2, 0.25) is 0 Å². The van der Waals surface area contributed by atoms with E-state index in [4.69, 9.17) is 0 Å². The zero-order chi connectivity index (χ0) is 22.0. The molecule has 3 heteroatoms. The highest BCUT2D eigenvalue weighted by atomic mass is 16.3. The molecule has 3 nitrogen and oxygen atoms in total. The molecule has 0 bridgehead atoms. The van der Waals surface area contributed by atoms with Crippen molar-refractivity contribution in [2.75, 3.05) is 0 Å². The van der Waals surface area contributed by atoms with Crippen molar-refractivity contribution in [2.24, 2.45) is 11.8 Å². The van der Waals surface area contributed by atoms with E-state index in [1.807, 2.05) is 12.1 Å². The molecular formula is C28H38O3. The fraction of sp³-hybridized carbons (Fsp3) is 0.571. The number of allylic oxidation sites excluding steroid dienone is 4. The third-order valence-corrected chi connectivity index (χ3v) is 7.95. The molecule has 3 N–H and O–H groups in total. The van der Waals surface area contributed by atoms with Gasteiger partial charge in [-0.25, -0.2) is 0 Å². The first kappa shape index (κ1) is 22.4. The van der Waals surface area contributed by atoms with Crippen LogP contribution in [0.4, 0.5) is 0 Å². The van der Waals surface area contributed by atoms with Gasteiger partial charge in [0.15, 0.2) is 0 Å². The third kappa shape index (κ3) is 4.99. The van der Waals surface area contributed by atoms with E-state index in [9.17, 15) is 15.3 Å². The molecule has 0 amide bonds. The fourth-order valence-corrected chi connectivity index (χ4v) is 5.88. The zero-order valence-electron chi connectivity index (χ0n) is 19.1. The third-order valence-electron chi connectivity index (χ3n) is 7.95. The SMILES string of the molecule is CC(C)(C1=CCC(C(C2=CCC(O)CC2)C2=CCC(O)CC2)CC1)c1ccc(O)cc1. The molecule has 1 aromatic rings. The lowest BCUT2D eigenvalue weighted by Gasteiger charge is -2.39. The Hall–Kier alpha value is -1.84. The summed E-state index contributed by atoms with van der Waals surface area (Å²) in [6.45, 7) is 4.58. The number of aromatic hydroxyl groups is 1. The number of benzene rings is 1. The van der Waals surface area contributed by atoms with Gasteiger partial charge in [-0.15, -0.1) is 0 Å². The van der Waals surface area contributed by atoms with Crippen molar-refractivity contribution in [1.29, 1.82) is 0 Å². The van der Waals surface area contributed by atoms with Gasteiger partial charge >= 0.3 is 0 Å². The van der Waals surface area contributed by atoms with E-state index >= 15 is 0 Å². The monoisotopic (exact) mass is 422 g/mol. The average Bonchev–Trinajstić information content (AvgIpc) is 2.77. The van der Waals surface area contributed by atoms with Gasteiger partial charge in [0.25, 0.3) is 0 Å². The minimum Gasteiger partial charge on any atom is -0.508 e. The standard InChI is InChI=1S/C28H38O3/c1-28(2,23-11-17-26(31)18-12-23)22-9-3-19(4-10-22)27(20-5-13-24(29)14-6-20)21-7-15-25(30)16-8-21/h5,7,9,11-12,17-19,24-25,27,29-31H,3-4,6,8,10,13-16H2,1-2H3. The second kappa shape index (κ2) is 9.34. The molecule has 0 radical (unpaired) electrons. The summed E-state index contributed by atoms with van der Waals surface area (Å²) in [4.78, 5) is 0. The number of hydrogen-bond acceptors (Lipinski definition) is 3. The molecule has 0 saturated heterocycles. The van der Waals surface area contributed by atoms with Gasteiger partial charge < -0.3 is 15.3 Å². The highest BCUT2D eigenvalue weighted by Crippen LogP contribution is 2.46. The van der Waals surface area contributed by atoms with Crippen LogP contribution in [0.1, 0.15) is 77.2 Å². The molecule has 3 unspecified atom stereocenters. The Labute approximate surface area is 187 Å². The smallest absolute Gasteiger partial charge is 0.115 e. The van der Waals surface area contributed by atoms with Gasteiger partial charge in [0.1, 0.15) is 5.75 Å². The molecular weight excluding hydrogens is 384 g/mol. The Kier molecular flexibility index (Phi) is 6.74. The predicted octanol–water partition coefficient (Wildman–Crippen LogP) is 5.95. The van der Waals surface area contributed by atoms with E-state index in [2.05, 4.69) is 32.1 Å². The lowest BCUT2D eigenvalue weighted by molar-refractivity contribution is 0.154. The Bertz CT molecular complexity index is 829. The number of hydrogen-bond donors (Lipinski definition) is 3. The number of aliphatic hydroxyl groups excluding tert-OH is 2. The van der Waals surface area contributed by atoms with Crippen molar-refractivity contribution >= 4 is 0 Å². The van der Waals surface area contributed by atoms with Crippen molar-refractivity contribution in [3.05, 3.63) is 64.8 Å². The summed E-state index contributed by atoms with van der Waals surface area (Å²) < 4.78 is 0. The number of rotatable bonds is 5. The molecule has 1 aromatic carbocycles. The number of aliphatic hydroxyl groups is 2. The molecule has 4 rings (SSSR count). The van der Waals surface area contributed by atoms with Gasteiger partial charge in [0, 0.05) is 11.3 Å². The second-order valence-corrected chi connectivity index (χ2v) is 10.3. The second-order valence-electron chi connectivity index (χ2n) is 10.3. The lowest BCUT2D eigenvalue weighted by Crippen LogP contribution is -2.29. The minimum atomic E-state index is -0.185. The van der Waals surface area contributed by atoms with Crippen LogP contribution in [0.3, 0.4) is 0 Å². The van der Waals surface area contributed by atoms with E-state index in [0.717, 1.165) is 51.4 Å². The molecule has 0 fully saturated rings. The van der Waals surface area contributed by atoms with Crippen LogP contribution in [-0.4, -0.2) is 27.5 Å². The maximum Gasteiger partial charge on any atom is 0.115 e. The van der Waals surface area contributed by atoms with Crippen LogP contribution in [-0.2, 0) is 5.41 Å². The highest BCUT2D eigenvalue weighted by molar-refractivity contribution is 5.38. The van der Waals surface area contributed by atoms with Gasteiger partial charge in [-0.3, -0.25) is 0 Å². The zero-order valence-corrected chi connectivity index (χ0v) is 19.1. The van der Waals surface area contributed by atoms with Crippen molar-refractivity contribution in [2.45, 2.75) is 89.3 Å². The first-order valence-electron chi connectivity index (χ1n) is 12.1. The highest BCUT2D eigenvalue weighted by Gasteiger charge is 2.35. The van der Waals surface area contributed by atoms with Crippen LogP contribution >= 0.6 is 0 Å². The predicted molar refractivity (Wildman–Crippen MR) is 126 cm³/mol. The molecule has 168 valence electrons. The molecule has 3 aliphatic rings. The van der Waals surface area contributed by atoms with Crippen LogP contribution < -0.4 is 0 Å². The molecule has 3 atom stereocenters. The van der Waals surface area contributed by atoms with Crippen molar-refractivity contribution in [1.82, 2.24) is 0 Å². The summed E-state index contributed by atoms with van der Waals surface area (Å²) in [7, 11) is 0. The van der Waals surface area contributed by atoms with E-state index in [0.29, 0.717) is 17.6 Å². The Morgan fingerprint density at radius 1 is 0.774 bits per heavy atom. The largest absolute Gasteiger partial charge is 0.508 e. The van der Waals surface area contributed by atoms with E-state index in [1.165, 1.54) is 28.7 Å². The summed E-state index contributed by atoms with van der Waals surface area (Å²) in [5, 5.41) is 29.6. The maximum atomic E-state index is 10.00.